The highest BCUT2D eigenvalue weighted by Crippen LogP contribution is 2.16. The number of hydrogen-bond acceptors (Lipinski definition) is 4. The highest BCUT2D eigenvalue weighted by atomic mass is 16.6. The Morgan fingerprint density at radius 1 is 1.43 bits per heavy atom. The lowest BCUT2D eigenvalue weighted by Crippen LogP contribution is -2.43. The molecule has 1 aliphatic heterocycles. The van der Waals surface area contributed by atoms with Crippen molar-refractivity contribution in [2.45, 2.75) is 39.2 Å². The van der Waals surface area contributed by atoms with E-state index in [2.05, 4.69) is 15.2 Å². The Morgan fingerprint density at radius 3 is 2.87 bits per heavy atom. The number of amides is 1. The number of nitrogens with one attached hydrogen (secondary N) is 2. The molecule has 1 fully saturated rings. The van der Waals surface area contributed by atoms with Crippen LogP contribution in [0, 0.1) is 5.92 Å². The zero-order valence-corrected chi connectivity index (χ0v) is 14.2. The first-order valence-corrected chi connectivity index (χ1v) is 8.19. The summed E-state index contributed by atoms with van der Waals surface area (Å²) in [6.45, 7) is 8.30. The summed E-state index contributed by atoms with van der Waals surface area (Å²) in [5, 5.41) is 2.83. The van der Waals surface area contributed by atoms with Crippen LogP contribution in [0.25, 0.3) is 0 Å². The highest BCUT2D eigenvalue weighted by molar-refractivity contribution is 5.95. The van der Waals surface area contributed by atoms with Gasteiger partial charge in [-0.25, -0.2) is 4.79 Å². The van der Waals surface area contributed by atoms with Crippen LogP contribution in [0.15, 0.2) is 18.3 Å². The van der Waals surface area contributed by atoms with Crippen molar-refractivity contribution in [1.82, 2.24) is 15.2 Å². The summed E-state index contributed by atoms with van der Waals surface area (Å²) in [7, 11) is 0. The van der Waals surface area contributed by atoms with Crippen LogP contribution in [0.5, 0.6) is 0 Å². The number of Topliss-reactive ketones (excluding diaryl/α,β-unsaturated/α-hetero) is 1. The van der Waals surface area contributed by atoms with E-state index in [0.29, 0.717) is 24.7 Å². The van der Waals surface area contributed by atoms with E-state index in [4.69, 9.17) is 4.74 Å². The number of ether oxygens (including phenoxy) is 1. The number of aromatic amines is 1. The fourth-order valence-corrected chi connectivity index (χ4v) is 2.80. The number of hydrogen-bond donors (Lipinski definition) is 2. The second-order valence-corrected chi connectivity index (χ2v) is 7.13. The summed E-state index contributed by atoms with van der Waals surface area (Å²) in [6.07, 6.45) is 3.48. The van der Waals surface area contributed by atoms with Gasteiger partial charge >= 0.3 is 6.09 Å². The number of nitrogens with zero attached hydrogens (tertiary/aromatic N) is 1. The normalized spacial score (nSPS) is 19.3. The standard InChI is InChI=1S/C17H27N3O3/c1-17(2,3)23-16(22)19-10-13-6-5-9-20(11-13)12-15(21)14-7-4-8-18-14/h4,7-8,13,18H,5-6,9-12H2,1-3H3,(H,19,22)/t13-/m1/s1. The molecule has 2 N–H and O–H groups in total. The lowest BCUT2D eigenvalue weighted by Gasteiger charge is -2.32. The molecule has 1 atom stereocenters. The number of aromatic nitrogens is 1. The monoisotopic (exact) mass is 321 g/mol. The van der Waals surface area contributed by atoms with E-state index in [0.717, 1.165) is 25.9 Å². The number of alkyl carbamates (subject to hydrolysis) is 1. The van der Waals surface area contributed by atoms with Crippen molar-refractivity contribution in [2.75, 3.05) is 26.2 Å². The zero-order chi connectivity index (χ0) is 16.9. The van der Waals surface area contributed by atoms with Crippen molar-refractivity contribution < 1.29 is 14.3 Å². The van der Waals surface area contributed by atoms with Crippen LogP contribution in [-0.4, -0.2) is 53.5 Å². The zero-order valence-electron chi connectivity index (χ0n) is 14.2. The lowest BCUT2D eigenvalue weighted by atomic mass is 9.97. The summed E-state index contributed by atoms with van der Waals surface area (Å²) in [5.74, 6) is 0.462. The molecule has 0 bridgehead atoms. The quantitative estimate of drug-likeness (QED) is 0.817. The maximum atomic E-state index is 12.1. The number of rotatable bonds is 5. The average Bonchev–Trinajstić information content (AvgIpc) is 2.98. The predicted octanol–water partition coefficient (Wildman–Crippen LogP) is 2.43. The fraction of sp³-hybridized carbons (Fsp3) is 0.647. The number of piperidine rings is 1. The van der Waals surface area contributed by atoms with Crippen LogP contribution >= 0.6 is 0 Å². The van der Waals surface area contributed by atoms with Crippen LogP contribution in [0.1, 0.15) is 44.1 Å². The molecule has 2 rings (SSSR count). The third-order valence-electron chi connectivity index (χ3n) is 3.80. The topological polar surface area (TPSA) is 74.4 Å². The minimum Gasteiger partial charge on any atom is -0.444 e. The van der Waals surface area contributed by atoms with Crippen LogP contribution in [0.3, 0.4) is 0 Å². The van der Waals surface area contributed by atoms with Crippen molar-refractivity contribution in [2.24, 2.45) is 5.92 Å². The third kappa shape index (κ3) is 6.06. The van der Waals surface area contributed by atoms with Crippen LogP contribution in [0.2, 0.25) is 0 Å². The molecule has 6 nitrogen and oxygen atoms in total. The van der Waals surface area contributed by atoms with E-state index in [1.807, 2.05) is 26.8 Å². The van der Waals surface area contributed by atoms with E-state index < -0.39 is 5.60 Å². The Bertz CT molecular complexity index is 520. The molecule has 0 aliphatic carbocycles. The number of carbonyl (C=O) groups excluding carboxylic acids is 2. The first kappa shape index (κ1) is 17.5. The molecule has 2 heterocycles. The number of likely N-dealkylation sites (tertiary alicyclic amines) is 1. The first-order valence-electron chi connectivity index (χ1n) is 8.19. The van der Waals surface area contributed by atoms with E-state index in [-0.39, 0.29) is 11.9 Å². The van der Waals surface area contributed by atoms with E-state index in [1.54, 1.807) is 12.3 Å². The summed E-state index contributed by atoms with van der Waals surface area (Å²) in [5.41, 5.74) is 0.171. The average molecular weight is 321 g/mol. The highest BCUT2D eigenvalue weighted by Gasteiger charge is 2.23. The third-order valence-corrected chi connectivity index (χ3v) is 3.80. The van der Waals surface area contributed by atoms with Gasteiger partial charge in [0.1, 0.15) is 5.60 Å². The molecule has 0 spiro atoms. The first-order chi connectivity index (χ1) is 10.8. The molecule has 1 saturated heterocycles. The summed E-state index contributed by atoms with van der Waals surface area (Å²) in [4.78, 5) is 29.0. The smallest absolute Gasteiger partial charge is 0.407 e. The van der Waals surface area contributed by atoms with Crippen molar-refractivity contribution in [1.29, 1.82) is 0 Å². The van der Waals surface area contributed by atoms with Gasteiger partial charge in [-0.15, -0.1) is 0 Å². The minimum atomic E-state index is -0.481. The second-order valence-electron chi connectivity index (χ2n) is 7.13. The molecule has 0 aromatic carbocycles. The van der Waals surface area contributed by atoms with Gasteiger partial charge in [-0.2, -0.15) is 0 Å². The SMILES string of the molecule is CC(C)(C)OC(=O)NC[C@H]1CCCN(CC(=O)c2ccc[nH]2)C1. The van der Waals surface area contributed by atoms with Crippen molar-refractivity contribution >= 4 is 11.9 Å². The maximum absolute atomic E-state index is 12.1. The molecule has 0 saturated carbocycles. The lowest BCUT2D eigenvalue weighted by molar-refractivity contribution is 0.0504. The van der Waals surface area contributed by atoms with E-state index in [1.165, 1.54) is 0 Å². The van der Waals surface area contributed by atoms with E-state index in [9.17, 15) is 9.59 Å². The molecule has 6 heteroatoms. The van der Waals surface area contributed by atoms with Gasteiger partial charge in [0.2, 0.25) is 0 Å². The van der Waals surface area contributed by atoms with Crippen LogP contribution < -0.4 is 5.32 Å². The molecule has 1 aliphatic rings. The van der Waals surface area contributed by atoms with Gasteiger partial charge < -0.3 is 15.0 Å². The second kappa shape index (κ2) is 7.64. The molecule has 1 amide bonds. The van der Waals surface area contributed by atoms with E-state index >= 15 is 0 Å². The largest absolute Gasteiger partial charge is 0.444 e. The molecular weight excluding hydrogens is 294 g/mol. The van der Waals surface area contributed by atoms with Gasteiger partial charge in [-0.1, -0.05) is 0 Å². The molecule has 0 unspecified atom stereocenters. The van der Waals surface area contributed by atoms with Gasteiger partial charge in [0.25, 0.3) is 0 Å². The van der Waals surface area contributed by atoms with Gasteiger partial charge in [-0.3, -0.25) is 9.69 Å². The molecule has 0 radical (unpaired) electrons. The molecule has 1 aromatic rings. The van der Waals surface area contributed by atoms with Crippen molar-refractivity contribution in [3.8, 4) is 0 Å². The Kier molecular flexibility index (Phi) is 5.82. The maximum Gasteiger partial charge on any atom is 0.407 e. The minimum absolute atomic E-state index is 0.107. The number of carbonyl (C=O) groups is 2. The molecule has 23 heavy (non-hydrogen) atoms. The summed E-state index contributed by atoms with van der Waals surface area (Å²) < 4.78 is 5.25. The fourth-order valence-electron chi connectivity index (χ4n) is 2.80. The molecule has 1 aromatic heterocycles. The van der Waals surface area contributed by atoms with Crippen LogP contribution in [0.4, 0.5) is 4.79 Å². The van der Waals surface area contributed by atoms with Crippen molar-refractivity contribution in [3.05, 3.63) is 24.0 Å². The Labute approximate surface area is 137 Å². The summed E-state index contributed by atoms with van der Waals surface area (Å²) >= 11 is 0. The number of H-pyrrole nitrogens is 1. The predicted molar refractivity (Wildman–Crippen MR) is 88.5 cm³/mol. The molecule has 128 valence electrons. The van der Waals surface area contributed by atoms with Gasteiger partial charge in [-0.05, 0) is 58.2 Å². The van der Waals surface area contributed by atoms with Gasteiger partial charge in [0, 0.05) is 19.3 Å². The Balaban J connectivity index is 1.75. The molecular formula is C17H27N3O3. The van der Waals surface area contributed by atoms with Gasteiger partial charge in [0.15, 0.2) is 5.78 Å². The van der Waals surface area contributed by atoms with Crippen LogP contribution in [-0.2, 0) is 4.74 Å². The van der Waals surface area contributed by atoms with Gasteiger partial charge in [0.05, 0.1) is 12.2 Å². The summed E-state index contributed by atoms with van der Waals surface area (Å²) in [6, 6.07) is 3.63. The Morgan fingerprint density at radius 2 is 2.22 bits per heavy atom. The Hall–Kier alpha value is -1.82. The van der Waals surface area contributed by atoms with Crippen molar-refractivity contribution in [3.63, 3.8) is 0 Å². The number of ketones is 1.